The summed E-state index contributed by atoms with van der Waals surface area (Å²) in [5, 5.41) is 3.40. The number of nitrogen functional groups attached to an aromatic ring is 1. The van der Waals surface area contributed by atoms with Gasteiger partial charge in [-0.25, -0.2) is 4.41 Å². The van der Waals surface area contributed by atoms with Gasteiger partial charge in [-0.1, -0.05) is 11.3 Å². The lowest BCUT2D eigenvalue weighted by atomic mass is 10.1. The van der Waals surface area contributed by atoms with Crippen LogP contribution >= 0.6 is 27.9 Å². The first-order valence-corrected chi connectivity index (χ1v) is 5.80. The molecule has 1 aliphatic heterocycles. The zero-order valence-electron chi connectivity index (χ0n) is 7.27. The Hall–Kier alpha value is -0.750. The van der Waals surface area contributed by atoms with E-state index in [-0.39, 0.29) is 6.04 Å². The molecule has 0 amide bonds. The van der Waals surface area contributed by atoms with Crippen LogP contribution in [0.25, 0.3) is 0 Å². The zero-order valence-corrected chi connectivity index (χ0v) is 9.68. The van der Waals surface area contributed by atoms with Gasteiger partial charge in [-0.2, -0.15) is 5.53 Å². The summed E-state index contributed by atoms with van der Waals surface area (Å²) in [6.07, 6.45) is 0. The van der Waals surface area contributed by atoms with E-state index < -0.39 is 0 Å². The van der Waals surface area contributed by atoms with E-state index in [2.05, 4.69) is 21.2 Å². The Bertz CT molecular complexity index is 370. The molecule has 6 heteroatoms. The van der Waals surface area contributed by atoms with Crippen LogP contribution in [-0.4, -0.2) is 10.2 Å². The lowest BCUT2D eigenvalue weighted by molar-refractivity contribution is 0.336. The molecule has 1 fully saturated rings. The van der Waals surface area contributed by atoms with Gasteiger partial charge in [0.2, 0.25) is 0 Å². The van der Waals surface area contributed by atoms with Gasteiger partial charge in [0.25, 0.3) is 0 Å². The van der Waals surface area contributed by atoms with Crippen LogP contribution in [0.15, 0.2) is 27.9 Å². The minimum atomic E-state index is 0.217. The highest BCUT2D eigenvalue weighted by Crippen LogP contribution is 2.41. The third-order valence-electron chi connectivity index (χ3n) is 2.14. The van der Waals surface area contributed by atoms with Crippen LogP contribution < -0.4 is 5.73 Å². The van der Waals surface area contributed by atoms with Gasteiger partial charge in [-0.15, -0.1) is 0 Å². The van der Waals surface area contributed by atoms with Crippen molar-refractivity contribution in [2.45, 2.75) is 6.04 Å². The van der Waals surface area contributed by atoms with Crippen LogP contribution in [0.4, 0.5) is 5.69 Å². The summed E-state index contributed by atoms with van der Waals surface area (Å²) in [6, 6.07) is 6.04. The van der Waals surface area contributed by atoms with E-state index in [0.29, 0.717) is 0 Å². The molecule has 1 aliphatic rings. The molecule has 74 valence electrons. The number of anilines is 1. The Morgan fingerprint density at radius 3 is 2.93 bits per heavy atom. The summed E-state index contributed by atoms with van der Waals surface area (Å²) in [5.74, 6) is 0.971. The Labute approximate surface area is 94.6 Å². The molecular formula is C8H9BrN4S. The monoisotopic (exact) mass is 272 g/mol. The van der Waals surface area contributed by atoms with Crippen molar-refractivity contribution in [2.24, 2.45) is 5.22 Å². The topological polar surface area (TPSA) is 65.5 Å². The predicted octanol–water partition coefficient (Wildman–Crippen LogP) is 2.98. The fourth-order valence-corrected chi connectivity index (χ4v) is 2.49. The number of halogens is 1. The molecule has 1 atom stereocenters. The lowest BCUT2D eigenvalue weighted by Crippen LogP contribution is -2.29. The average molecular weight is 273 g/mol. The van der Waals surface area contributed by atoms with Crippen molar-refractivity contribution in [3.05, 3.63) is 28.2 Å². The molecule has 0 bridgehead atoms. The standard InChI is InChI=1S/C8H9BrN4S/c9-6-3-5(1-2-7(6)10)8-4-14-13(8)12-11/h1-3,8,11H,4,10H2. The van der Waals surface area contributed by atoms with Crippen molar-refractivity contribution in [3.8, 4) is 0 Å². The van der Waals surface area contributed by atoms with Crippen molar-refractivity contribution in [1.82, 2.24) is 4.41 Å². The molecule has 14 heavy (non-hydrogen) atoms. The molecule has 0 spiro atoms. The first-order chi connectivity index (χ1) is 6.72. The van der Waals surface area contributed by atoms with Crippen LogP contribution in [0.3, 0.4) is 0 Å². The molecule has 1 unspecified atom stereocenters. The quantitative estimate of drug-likeness (QED) is 0.494. The maximum absolute atomic E-state index is 6.93. The SMILES string of the molecule is N=NN1SCC1c1ccc(N)c(Br)c1. The molecule has 1 aromatic rings. The van der Waals surface area contributed by atoms with Gasteiger partial charge in [0, 0.05) is 15.9 Å². The van der Waals surface area contributed by atoms with Crippen molar-refractivity contribution in [3.63, 3.8) is 0 Å². The van der Waals surface area contributed by atoms with E-state index in [4.69, 9.17) is 11.3 Å². The Balaban J connectivity index is 2.24. The molecule has 0 aliphatic carbocycles. The molecule has 0 aromatic heterocycles. The maximum atomic E-state index is 6.93. The van der Waals surface area contributed by atoms with Crippen LogP contribution in [-0.2, 0) is 0 Å². The minimum Gasteiger partial charge on any atom is -0.398 e. The smallest absolute Gasteiger partial charge is 0.0966 e. The molecule has 2 rings (SSSR count). The highest BCUT2D eigenvalue weighted by molar-refractivity contribution is 9.10. The predicted molar refractivity (Wildman–Crippen MR) is 60.7 cm³/mol. The number of nitrogens with zero attached hydrogens (tertiary/aromatic N) is 2. The van der Waals surface area contributed by atoms with Crippen LogP contribution in [0.5, 0.6) is 0 Å². The summed E-state index contributed by atoms with van der Waals surface area (Å²) in [4.78, 5) is 0. The molecule has 0 saturated carbocycles. The van der Waals surface area contributed by atoms with Gasteiger partial charge in [0.05, 0.1) is 6.04 Å². The van der Waals surface area contributed by atoms with Crippen LogP contribution in [0.2, 0.25) is 0 Å². The second-order valence-electron chi connectivity index (χ2n) is 3.00. The number of nitrogens with two attached hydrogens (primary N) is 1. The first-order valence-electron chi connectivity index (χ1n) is 4.07. The largest absolute Gasteiger partial charge is 0.398 e. The highest BCUT2D eigenvalue weighted by atomic mass is 79.9. The first kappa shape index (κ1) is 9.79. The Morgan fingerprint density at radius 2 is 2.43 bits per heavy atom. The van der Waals surface area contributed by atoms with Gasteiger partial charge >= 0.3 is 0 Å². The fraction of sp³-hybridized carbons (Fsp3) is 0.250. The number of nitrogens with one attached hydrogen (secondary N) is 1. The number of rotatable bonds is 2. The number of hydrogen-bond donors (Lipinski definition) is 2. The van der Waals surface area contributed by atoms with Crippen molar-refractivity contribution < 1.29 is 0 Å². The summed E-state index contributed by atoms with van der Waals surface area (Å²) >= 11 is 4.93. The van der Waals surface area contributed by atoms with E-state index >= 15 is 0 Å². The normalized spacial score (nSPS) is 20.4. The van der Waals surface area contributed by atoms with Gasteiger partial charge in [-0.05, 0) is 45.6 Å². The maximum Gasteiger partial charge on any atom is 0.0966 e. The molecule has 0 radical (unpaired) electrons. The summed E-state index contributed by atoms with van der Waals surface area (Å²) < 4.78 is 2.58. The van der Waals surface area contributed by atoms with Crippen LogP contribution in [0.1, 0.15) is 11.6 Å². The van der Waals surface area contributed by atoms with E-state index in [0.717, 1.165) is 21.5 Å². The fourth-order valence-electron chi connectivity index (χ4n) is 1.29. The van der Waals surface area contributed by atoms with E-state index in [1.54, 1.807) is 16.4 Å². The van der Waals surface area contributed by atoms with Crippen molar-refractivity contribution in [1.29, 1.82) is 5.53 Å². The number of hydrogen-bond acceptors (Lipinski definition) is 4. The second-order valence-corrected chi connectivity index (χ2v) is 4.82. The molecule has 1 saturated heterocycles. The summed E-state index contributed by atoms with van der Waals surface area (Å²) in [6.45, 7) is 0. The second kappa shape index (κ2) is 3.78. The van der Waals surface area contributed by atoms with E-state index in [9.17, 15) is 0 Å². The Morgan fingerprint density at radius 1 is 1.64 bits per heavy atom. The van der Waals surface area contributed by atoms with Crippen molar-refractivity contribution >= 4 is 33.6 Å². The van der Waals surface area contributed by atoms with Gasteiger partial charge < -0.3 is 5.73 Å². The average Bonchev–Trinajstić information content (AvgIpc) is 2.10. The molecule has 4 nitrogen and oxygen atoms in total. The number of benzene rings is 1. The molecule has 1 heterocycles. The summed E-state index contributed by atoms with van der Waals surface area (Å²) in [7, 11) is 0. The van der Waals surface area contributed by atoms with Crippen molar-refractivity contribution in [2.75, 3.05) is 11.5 Å². The Kier molecular flexibility index (Phi) is 2.64. The zero-order chi connectivity index (χ0) is 10.1. The lowest BCUT2D eigenvalue weighted by Gasteiger charge is -2.35. The van der Waals surface area contributed by atoms with Gasteiger partial charge in [0.15, 0.2) is 0 Å². The third-order valence-corrected chi connectivity index (χ3v) is 3.89. The third kappa shape index (κ3) is 1.59. The van der Waals surface area contributed by atoms with Crippen LogP contribution in [0, 0.1) is 5.53 Å². The van der Waals surface area contributed by atoms with E-state index in [1.165, 1.54) is 0 Å². The van der Waals surface area contributed by atoms with Gasteiger partial charge in [0.1, 0.15) is 0 Å². The molecule has 3 N–H and O–H groups in total. The van der Waals surface area contributed by atoms with E-state index in [1.807, 2.05) is 18.2 Å². The van der Waals surface area contributed by atoms with Gasteiger partial charge in [-0.3, -0.25) is 0 Å². The minimum absolute atomic E-state index is 0.217. The molecular weight excluding hydrogens is 264 g/mol. The highest BCUT2D eigenvalue weighted by Gasteiger charge is 2.30. The summed E-state index contributed by atoms with van der Waals surface area (Å²) in [5.41, 5.74) is 14.5. The molecule has 1 aromatic carbocycles.